The van der Waals surface area contributed by atoms with E-state index in [0.717, 1.165) is 0 Å². The maximum absolute atomic E-state index is 13.1. The van der Waals surface area contributed by atoms with Crippen molar-refractivity contribution in [3.8, 4) is 11.5 Å². The summed E-state index contributed by atoms with van der Waals surface area (Å²) in [6, 6.07) is 20.6. The van der Waals surface area contributed by atoms with Gasteiger partial charge in [0.1, 0.15) is 18.0 Å². The molecule has 0 aliphatic rings. The number of rotatable bonds is 7. The zero-order valence-electron chi connectivity index (χ0n) is 18.2. The van der Waals surface area contributed by atoms with Crippen molar-refractivity contribution in [2.75, 3.05) is 19.5 Å². The molecule has 0 radical (unpaired) electrons. The first-order valence-corrected chi connectivity index (χ1v) is 10.3. The lowest BCUT2D eigenvalue weighted by atomic mass is 10.0. The van der Waals surface area contributed by atoms with E-state index in [9.17, 15) is 14.4 Å². The van der Waals surface area contributed by atoms with Crippen molar-refractivity contribution in [1.82, 2.24) is 4.57 Å². The van der Waals surface area contributed by atoms with E-state index in [1.165, 1.54) is 20.4 Å². The lowest BCUT2D eigenvalue weighted by Gasteiger charge is -2.15. The molecule has 1 heterocycles. The molecule has 7 heteroatoms. The molecule has 0 aliphatic heterocycles. The van der Waals surface area contributed by atoms with Crippen molar-refractivity contribution in [3.05, 3.63) is 100 Å². The number of nitrogens with one attached hydrogen (secondary N) is 1. The van der Waals surface area contributed by atoms with Crippen molar-refractivity contribution in [1.29, 1.82) is 0 Å². The van der Waals surface area contributed by atoms with Crippen LogP contribution >= 0.6 is 0 Å². The largest absolute Gasteiger partial charge is 0.497 e. The van der Waals surface area contributed by atoms with Gasteiger partial charge in [-0.2, -0.15) is 0 Å². The Morgan fingerprint density at radius 3 is 2.36 bits per heavy atom. The Kier molecular flexibility index (Phi) is 6.22. The predicted octanol–water partition coefficient (Wildman–Crippen LogP) is 3.89. The van der Waals surface area contributed by atoms with E-state index in [4.69, 9.17) is 9.47 Å². The van der Waals surface area contributed by atoms with Gasteiger partial charge in [0.05, 0.1) is 31.0 Å². The number of fused-ring (bicyclic) bond motifs is 1. The van der Waals surface area contributed by atoms with Crippen LogP contribution in [0.1, 0.15) is 15.9 Å². The summed E-state index contributed by atoms with van der Waals surface area (Å²) in [7, 11) is 3.04. The van der Waals surface area contributed by atoms with Crippen LogP contribution in [0.5, 0.6) is 11.5 Å². The van der Waals surface area contributed by atoms with E-state index in [1.807, 2.05) is 0 Å². The second kappa shape index (κ2) is 9.40. The first kappa shape index (κ1) is 21.8. The molecular weight excluding hydrogens is 420 g/mol. The summed E-state index contributed by atoms with van der Waals surface area (Å²) in [4.78, 5) is 39.0. The normalized spacial score (nSPS) is 10.6. The van der Waals surface area contributed by atoms with Crippen molar-refractivity contribution >= 4 is 28.3 Å². The number of carbonyl (C=O) groups is 2. The van der Waals surface area contributed by atoms with Crippen molar-refractivity contribution in [3.63, 3.8) is 0 Å². The van der Waals surface area contributed by atoms with Crippen molar-refractivity contribution in [2.45, 2.75) is 6.54 Å². The number of ketones is 1. The Balaban J connectivity index is 1.72. The Morgan fingerprint density at radius 2 is 1.64 bits per heavy atom. The molecule has 3 aromatic carbocycles. The topological polar surface area (TPSA) is 86.6 Å². The fourth-order valence-corrected chi connectivity index (χ4v) is 3.64. The molecule has 1 amide bonds. The highest BCUT2D eigenvalue weighted by Crippen LogP contribution is 2.29. The van der Waals surface area contributed by atoms with Crippen molar-refractivity contribution in [2.24, 2.45) is 0 Å². The summed E-state index contributed by atoms with van der Waals surface area (Å²) < 4.78 is 12.1. The number of hydrogen-bond donors (Lipinski definition) is 1. The van der Waals surface area contributed by atoms with Gasteiger partial charge in [0.2, 0.25) is 11.3 Å². The molecule has 0 unspecified atom stereocenters. The second-order valence-corrected chi connectivity index (χ2v) is 7.33. The molecule has 0 atom stereocenters. The Hall–Kier alpha value is -4.39. The number of anilines is 1. The van der Waals surface area contributed by atoms with Crippen LogP contribution in [0.15, 0.2) is 83.8 Å². The molecule has 0 saturated carbocycles. The minimum atomic E-state index is -0.394. The molecule has 0 aliphatic carbocycles. The third-order valence-electron chi connectivity index (χ3n) is 5.26. The van der Waals surface area contributed by atoms with E-state index >= 15 is 0 Å². The zero-order valence-corrected chi connectivity index (χ0v) is 18.2. The number of nitrogens with zero attached hydrogens (tertiary/aromatic N) is 1. The molecule has 1 N–H and O–H groups in total. The van der Waals surface area contributed by atoms with Gasteiger partial charge in [0.25, 0.3) is 0 Å². The first-order chi connectivity index (χ1) is 16.0. The highest BCUT2D eigenvalue weighted by molar-refractivity contribution is 6.10. The Morgan fingerprint density at radius 1 is 0.909 bits per heavy atom. The summed E-state index contributed by atoms with van der Waals surface area (Å²) in [6.45, 7) is -0.115. The second-order valence-electron chi connectivity index (χ2n) is 7.33. The molecule has 0 saturated heterocycles. The number of ether oxygens (including phenoxy) is 2. The zero-order chi connectivity index (χ0) is 23.4. The SMILES string of the molecule is COc1ccc(OC)c(NC(=O)Cn2cc(C(=O)c3ccccc3)c(=O)c3ccccc32)c1. The molecule has 7 nitrogen and oxygen atoms in total. The van der Waals surface area contributed by atoms with Gasteiger partial charge >= 0.3 is 0 Å². The van der Waals surface area contributed by atoms with Crippen LogP contribution < -0.4 is 20.2 Å². The summed E-state index contributed by atoms with van der Waals surface area (Å²) >= 11 is 0. The number of pyridine rings is 1. The van der Waals surface area contributed by atoms with Crippen LogP contribution in [0.3, 0.4) is 0 Å². The summed E-state index contributed by atoms with van der Waals surface area (Å²) in [5.74, 6) is 0.299. The quantitative estimate of drug-likeness (QED) is 0.439. The predicted molar refractivity (Wildman–Crippen MR) is 126 cm³/mol. The third-order valence-corrected chi connectivity index (χ3v) is 5.26. The number of hydrogen-bond acceptors (Lipinski definition) is 5. The van der Waals surface area contributed by atoms with Gasteiger partial charge in [0, 0.05) is 23.2 Å². The highest BCUT2D eigenvalue weighted by atomic mass is 16.5. The van der Waals surface area contributed by atoms with E-state index in [-0.39, 0.29) is 23.4 Å². The van der Waals surface area contributed by atoms with Crippen LogP contribution in [-0.2, 0) is 11.3 Å². The summed E-state index contributed by atoms with van der Waals surface area (Å²) in [6.07, 6.45) is 1.45. The highest BCUT2D eigenvalue weighted by Gasteiger charge is 2.18. The average molecular weight is 442 g/mol. The number of aromatic nitrogens is 1. The smallest absolute Gasteiger partial charge is 0.244 e. The number of benzene rings is 3. The van der Waals surface area contributed by atoms with E-state index in [1.54, 1.807) is 77.4 Å². The van der Waals surface area contributed by atoms with Crippen LogP contribution in [0.4, 0.5) is 5.69 Å². The number of methoxy groups -OCH3 is 2. The van der Waals surface area contributed by atoms with Crippen LogP contribution in [0.2, 0.25) is 0 Å². The molecule has 0 bridgehead atoms. The van der Waals surface area contributed by atoms with Gasteiger partial charge in [-0.1, -0.05) is 42.5 Å². The fraction of sp³-hybridized carbons (Fsp3) is 0.115. The molecule has 4 rings (SSSR count). The van der Waals surface area contributed by atoms with Crippen molar-refractivity contribution < 1.29 is 19.1 Å². The fourth-order valence-electron chi connectivity index (χ4n) is 3.64. The number of carbonyl (C=O) groups excluding carboxylic acids is 2. The van der Waals surface area contributed by atoms with E-state index < -0.39 is 5.78 Å². The molecular formula is C26H22N2O5. The minimum absolute atomic E-state index is 0.00617. The minimum Gasteiger partial charge on any atom is -0.497 e. The summed E-state index contributed by atoms with van der Waals surface area (Å²) in [5.41, 5.74) is 1.05. The van der Waals surface area contributed by atoms with Gasteiger partial charge in [-0.25, -0.2) is 0 Å². The number of para-hydroxylation sites is 1. The molecule has 33 heavy (non-hydrogen) atoms. The Bertz CT molecular complexity index is 1390. The van der Waals surface area contributed by atoms with Crippen LogP contribution in [-0.4, -0.2) is 30.5 Å². The molecule has 0 spiro atoms. The molecule has 0 fully saturated rings. The molecule has 166 valence electrons. The standard InChI is InChI=1S/C26H22N2O5/c1-32-18-12-13-23(33-2)21(14-18)27-24(29)16-28-15-20(25(30)17-8-4-3-5-9-17)26(31)19-10-6-7-11-22(19)28/h3-15H,16H2,1-2H3,(H,27,29). The summed E-state index contributed by atoms with van der Waals surface area (Å²) in [5, 5.41) is 3.18. The lowest BCUT2D eigenvalue weighted by Crippen LogP contribution is -2.24. The van der Waals surface area contributed by atoms with Gasteiger partial charge in [-0.3, -0.25) is 14.4 Å². The maximum Gasteiger partial charge on any atom is 0.244 e. The van der Waals surface area contributed by atoms with Crippen LogP contribution in [0, 0.1) is 0 Å². The maximum atomic E-state index is 13.1. The van der Waals surface area contributed by atoms with E-state index in [2.05, 4.69) is 5.32 Å². The monoisotopic (exact) mass is 442 g/mol. The Labute approximate surface area is 190 Å². The van der Waals surface area contributed by atoms with Crippen LogP contribution in [0.25, 0.3) is 10.9 Å². The van der Waals surface area contributed by atoms with E-state index in [0.29, 0.717) is 33.7 Å². The van der Waals surface area contributed by atoms with Gasteiger partial charge in [-0.15, -0.1) is 0 Å². The average Bonchev–Trinajstić information content (AvgIpc) is 2.85. The van der Waals surface area contributed by atoms with Gasteiger partial charge < -0.3 is 19.4 Å². The lowest BCUT2D eigenvalue weighted by molar-refractivity contribution is -0.116. The molecule has 1 aromatic heterocycles. The molecule has 4 aromatic rings. The van der Waals surface area contributed by atoms with Gasteiger partial charge in [0.15, 0.2) is 5.78 Å². The number of amides is 1. The van der Waals surface area contributed by atoms with Gasteiger partial charge in [-0.05, 0) is 24.3 Å². The first-order valence-electron chi connectivity index (χ1n) is 10.3. The third kappa shape index (κ3) is 4.48.